The number of aryl methyl sites for hydroxylation is 1. The van der Waals surface area contributed by atoms with Crippen molar-refractivity contribution in [3.05, 3.63) is 35.4 Å². The van der Waals surface area contributed by atoms with Gasteiger partial charge in [0.1, 0.15) is 5.60 Å². The summed E-state index contributed by atoms with van der Waals surface area (Å²) >= 11 is 0. The van der Waals surface area contributed by atoms with Crippen molar-refractivity contribution in [1.29, 1.82) is 0 Å². The molecule has 0 fully saturated rings. The lowest BCUT2D eigenvalue weighted by atomic mass is 9.94. The summed E-state index contributed by atoms with van der Waals surface area (Å²) in [4.78, 5) is 11.9. The summed E-state index contributed by atoms with van der Waals surface area (Å²) in [7, 11) is 0. The molecule has 1 N–H and O–H groups in total. The molecule has 0 spiro atoms. The molecule has 1 rings (SSSR count). The van der Waals surface area contributed by atoms with Gasteiger partial charge in [-0.2, -0.15) is 0 Å². The van der Waals surface area contributed by atoms with Gasteiger partial charge < -0.3 is 9.84 Å². The molecule has 0 aliphatic rings. The van der Waals surface area contributed by atoms with Gasteiger partial charge in [0.2, 0.25) is 0 Å². The van der Waals surface area contributed by atoms with Crippen LogP contribution < -0.4 is 0 Å². The summed E-state index contributed by atoms with van der Waals surface area (Å²) in [6, 6.07) is 7.51. The number of carbonyl (C=O) groups excluding carboxylic acids is 1. The molecule has 0 saturated carbocycles. The molecular formula is C15H22O3. The van der Waals surface area contributed by atoms with Crippen LogP contribution in [0.15, 0.2) is 24.3 Å². The van der Waals surface area contributed by atoms with Gasteiger partial charge in [-0.3, -0.25) is 4.79 Å². The Labute approximate surface area is 109 Å². The first-order chi connectivity index (χ1) is 8.22. The molecule has 0 bridgehead atoms. The molecule has 1 aromatic carbocycles. The fourth-order valence-corrected chi connectivity index (χ4v) is 1.71. The first kappa shape index (κ1) is 14.7. The van der Waals surface area contributed by atoms with Crippen molar-refractivity contribution in [1.82, 2.24) is 0 Å². The monoisotopic (exact) mass is 250 g/mol. The van der Waals surface area contributed by atoms with Crippen molar-refractivity contribution in [3.8, 4) is 0 Å². The van der Waals surface area contributed by atoms with E-state index in [1.165, 1.54) is 0 Å². The molecule has 0 amide bonds. The summed E-state index contributed by atoms with van der Waals surface area (Å²) in [6.07, 6.45) is -0.832. The fraction of sp³-hybridized carbons (Fsp3) is 0.533. The van der Waals surface area contributed by atoms with E-state index in [9.17, 15) is 9.90 Å². The summed E-state index contributed by atoms with van der Waals surface area (Å²) in [5, 5.41) is 10.2. The molecule has 100 valence electrons. The molecule has 18 heavy (non-hydrogen) atoms. The van der Waals surface area contributed by atoms with E-state index < -0.39 is 17.6 Å². The van der Waals surface area contributed by atoms with Crippen molar-refractivity contribution in [2.45, 2.75) is 46.3 Å². The van der Waals surface area contributed by atoms with Gasteiger partial charge in [0.15, 0.2) is 0 Å². The first-order valence-corrected chi connectivity index (χ1v) is 6.19. The number of hydrogen-bond acceptors (Lipinski definition) is 3. The number of benzene rings is 1. The Morgan fingerprint density at radius 2 is 1.83 bits per heavy atom. The van der Waals surface area contributed by atoms with Crippen molar-refractivity contribution < 1.29 is 14.6 Å². The van der Waals surface area contributed by atoms with E-state index in [2.05, 4.69) is 0 Å². The SMILES string of the molecule is Cc1ccccc1C(O)C(C)C(=O)OC(C)(C)C. The lowest BCUT2D eigenvalue weighted by Gasteiger charge is -2.25. The van der Waals surface area contributed by atoms with Crippen LogP contribution in [0.4, 0.5) is 0 Å². The Morgan fingerprint density at radius 1 is 1.28 bits per heavy atom. The summed E-state index contributed by atoms with van der Waals surface area (Å²) in [5.41, 5.74) is 1.22. The largest absolute Gasteiger partial charge is 0.460 e. The molecule has 2 atom stereocenters. The van der Waals surface area contributed by atoms with Crippen molar-refractivity contribution >= 4 is 5.97 Å². The molecule has 0 radical (unpaired) electrons. The molecule has 3 nitrogen and oxygen atoms in total. The van der Waals surface area contributed by atoms with Crippen LogP contribution in [0.25, 0.3) is 0 Å². The number of ether oxygens (including phenoxy) is 1. The summed E-state index contributed by atoms with van der Waals surface area (Å²) in [6.45, 7) is 9.05. The van der Waals surface area contributed by atoms with Crippen molar-refractivity contribution in [2.75, 3.05) is 0 Å². The minimum absolute atomic E-state index is 0.377. The van der Waals surface area contributed by atoms with Gasteiger partial charge in [-0.05, 0) is 45.7 Å². The predicted octanol–water partition coefficient (Wildman–Crippen LogP) is 3.01. The highest BCUT2D eigenvalue weighted by Gasteiger charge is 2.28. The highest BCUT2D eigenvalue weighted by Crippen LogP contribution is 2.26. The lowest BCUT2D eigenvalue weighted by Crippen LogP contribution is -2.30. The molecule has 0 aromatic heterocycles. The van der Waals surface area contributed by atoms with Crippen LogP contribution in [0.1, 0.15) is 44.9 Å². The maximum atomic E-state index is 11.9. The van der Waals surface area contributed by atoms with Gasteiger partial charge in [-0.15, -0.1) is 0 Å². The van der Waals surface area contributed by atoms with E-state index in [0.29, 0.717) is 0 Å². The first-order valence-electron chi connectivity index (χ1n) is 6.19. The standard InChI is InChI=1S/C15H22O3/c1-10-8-6-7-9-12(10)13(16)11(2)14(17)18-15(3,4)5/h6-9,11,13,16H,1-5H3. The zero-order chi connectivity index (χ0) is 13.9. The van der Waals surface area contributed by atoms with Crippen molar-refractivity contribution in [3.63, 3.8) is 0 Å². The van der Waals surface area contributed by atoms with Gasteiger partial charge >= 0.3 is 5.97 Å². The van der Waals surface area contributed by atoms with Crippen LogP contribution in [0.5, 0.6) is 0 Å². The average molecular weight is 250 g/mol. The van der Waals surface area contributed by atoms with E-state index >= 15 is 0 Å². The van der Waals surface area contributed by atoms with E-state index in [1.54, 1.807) is 6.92 Å². The second kappa shape index (κ2) is 5.53. The second-order valence-electron chi connectivity index (χ2n) is 5.62. The second-order valence-corrected chi connectivity index (χ2v) is 5.62. The van der Waals surface area contributed by atoms with Crippen LogP contribution in [-0.2, 0) is 9.53 Å². The minimum Gasteiger partial charge on any atom is -0.460 e. The third-order valence-corrected chi connectivity index (χ3v) is 2.76. The Balaban J connectivity index is 2.82. The molecule has 1 aromatic rings. The van der Waals surface area contributed by atoms with E-state index in [1.807, 2.05) is 52.0 Å². The molecule has 0 aliphatic heterocycles. The Hall–Kier alpha value is -1.35. The molecule has 0 saturated heterocycles. The lowest BCUT2D eigenvalue weighted by molar-refractivity contribution is -0.163. The molecule has 3 heteroatoms. The highest BCUT2D eigenvalue weighted by molar-refractivity contribution is 5.73. The number of aliphatic hydroxyl groups is 1. The zero-order valence-electron chi connectivity index (χ0n) is 11.7. The Bertz CT molecular complexity index is 418. The van der Waals surface area contributed by atoms with Gasteiger partial charge in [-0.1, -0.05) is 24.3 Å². The van der Waals surface area contributed by atoms with E-state index in [-0.39, 0.29) is 5.97 Å². The third-order valence-electron chi connectivity index (χ3n) is 2.76. The Morgan fingerprint density at radius 3 is 2.33 bits per heavy atom. The predicted molar refractivity (Wildman–Crippen MR) is 71.1 cm³/mol. The normalized spacial score (nSPS) is 15.0. The maximum absolute atomic E-state index is 11.9. The van der Waals surface area contributed by atoms with E-state index in [4.69, 9.17) is 4.74 Å². The van der Waals surface area contributed by atoms with Crippen LogP contribution in [0, 0.1) is 12.8 Å². The minimum atomic E-state index is -0.832. The van der Waals surface area contributed by atoms with Crippen LogP contribution >= 0.6 is 0 Å². The van der Waals surface area contributed by atoms with Gasteiger partial charge in [-0.25, -0.2) is 0 Å². The quantitative estimate of drug-likeness (QED) is 0.839. The highest BCUT2D eigenvalue weighted by atomic mass is 16.6. The third kappa shape index (κ3) is 3.84. The molecule has 0 aliphatic carbocycles. The molecule has 0 heterocycles. The van der Waals surface area contributed by atoms with E-state index in [0.717, 1.165) is 11.1 Å². The average Bonchev–Trinajstić information content (AvgIpc) is 2.25. The molecule has 2 unspecified atom stereocenters. The van der Waals surface area contributed by atoms with Gasteiger partial charge in [0, 0.05) is 0 Å². The van der Waals surface area contributed by atoms with Gasteiger partial charge in [0.25, 0.3) is 0 Å². The van der Waals surface area contributed by atoms with Crippen LogP contribution in [-0.4, -0.2) is 16.7 Å². The van der Waals surface area contributed by atoms with Crippen molar-refractivity contribution in [2.24, 2.45) is 5.92 Å². The number of esters is 1. The smallest absolute Gasteiger partial charge is 0.312 e. The van der Waals surface area contributed by atoms with Gasteiger partial charge in [0.05, 0.1) is 12.0 Å². The topological polar surface area (TPSA) is 46.5 Å². The maximum Gasteiger partial charge on any atom is 0.312 e. The Kier molecular flexibility index (Phi) is 4.52. The number of rotatable bonds is 3. The fourth-order valence-electron chi connectivity index (χ4n) is 1.71. The van der Waals surface area contributed by atoms with Crippen LogP contribution in [0.3, 0.4) is 0 Å². The number of hydrogen-bond donors (Lipinski definition) is 1. The molecular weight excluding hydrogens is 228 g/mol. The number of aliphatic hydroxyl groups excluding tert-OH is 1. The summed E-state index contributed by atoms with van der Waals surface area (Å²) in [5.74, 6) is -0.955. The van der Waals surface area contributed by atoms with Crippen LogP contribution in [0.2, 0.25) is 0 Å². The zero-order valence-corrected chi connectivity index (χ0v) is 11.7. The summed E-state index contributed by atoms with van der Waals surface area (Å²) < 4.78 is 5.28. The number of carbonyl (C=O) groups is 1.